The molecule has 0 bridgehead atoms. The molecule has 0 radical (unpaired) electrons. The van der Waals surface area contributed by atoms with E-state index < -0.39 is 10.0 Å². The first-order valence-corrected chi connectivity index (χ1v) is 9.02. The normalized spacial score (nSPS) is 12.2. The predicted octanol–water partition coefficient (Wildman–Crippen LogP) is 1.71. The number of nitrogens with zero attached hydrogens (tertiary/aromatic N) is 2. The first kappa shape index (κ1) is 16.2. The third-order valence-electron chi connectivity index (χ3n) is 3.13. The zero-order valence-electron chi connectivity index (χ0n) is 12.4. The second kappa shape index (κ2) is 6.69. The molecule has 0 atom stereocenters. The monoisotopic (exact) mass is 328 g/mol. The molecule has 0 aliphatic rings. The standard InChI is InChI=1S/C13H20N4O2S2/c1-4-14-8-12-13(10(2)15-16-12)21(18,19)17(3)9-11-6-5-7-20-11/h5-7,14H,4,8-9H2,1-3H3,(H,15,16). The van der Waals surface area contributed by atoms with Crippen LogP contribution < -0.4 is 5.32 Å². The van der Waals surface area contributed by atoms with Crippen LogP contribution in [0.3, 0.4) is 0 Å². The fraction of sp³-hybridized carbons (Fsp3) is 0.462. The van der Waals surface area contributed by atoms with E-state index >= 15 is 0 Å². The van der Waals surface area contributed by atoms with Crippen LogP contribution in [-0.2, 0) is 23.1 Å². The highest BCUT2D eigenvalue weighted by molar-refractivity contribution is 7.89. The molecular weight excluding hydrogens is 308 g/mol. The second-order valence-corrected chi connectivity index (χ2v) is 7.76. The maximum Gasteiger partial charge on any atom is 0.246 e. The van der Waals surface area contributed by atoms with E-state index in [9.17, 15) is 8.42 Å². The molecule has 116 valence electrons. The van der Waals surface area contributed by atoms with Crippen molar-refractivity contribution in [3.8, 4) is 0 Å². The Hall–Kier alpha value is -1.22. The van der Waals surface area contributed by atoms with E-state index in [1.54, 1.807) is 25.3 Å². The minimum Gasteiger partial charge on any atom is -0.311 e. The number of thiophene rings is 1. The van der Waals surface area contributed by atoms with Crippen LogP contribution in [0.4, 0.5) is 0 Å². The lowest BCUT2D eigenvalue weighted by molar-refractivity contribution is 0.468. The molecule has 2 rings (SSSR count). The predicted molar refractivity (Wildman–Crippen MR) is 83.7 cm³/mol. The summed E-state index contributed by atoms with van der Waals surface area (Å²) < 4.78 is 26.9. The molecule has 21 heavy (non-hydrogen) atoms. The fourth-order valence-electron chi connectivity index (χ4n) is 2.04. The highest BCUT2D eigenvalue weighted by Crippen LogP contribution is 2.23. The molecule has 0 saturated carbocycles. The van der Waals surface area contributed by atoms with Gasteiger partial charge in [0.25, 0.3) is 0 Å². The van der Waals surface area contributed by atoms with Gasteiger partial charge in [0.2, 0.25) is 10.0 Å². The van der Waals surface area contributed by atoms with E-state index in [1.165, 1.54) is 4.31 Å². The Morgan fingerprint density at radius 1 is 1.48 bits per heavy atom. The van der Waals surface area contributed by atoms with Crippen molar-refractivity contribution in [2.45, 2.75) is 31.8 Å². The van der Waals surface area contributed by atoms with Crippen LogP contribution in [0.5, 0.6) is 0 Å². The topological polar surface area (TPSA) is 78.1 Å². The first-order valence-electron chi connectivity index (χ1n) is 6.70. The Morgan fingerprint density at radius 2 is 2.24 bits per heavy atom. The minimum absolute atomic E-state index is 0.280. The van der Waals surface area contributed by atoms with Gasteiger partial charge < -0.3 is 5.32 Å². The number of aryl methyl sites for hydroxylation is 1. The number of H-pyrrole nitrogens is 1. The molecule has 2 aromatic rings. The van der Waals surface area contributed by atoms with Gasteiger partial charge in [-0.3, -0.25) is 5.10 Å². The van der Waals surface area contributed by atoms with Gasteiger partial charge in [0.15, 0.2) is 0 Å². The van der Waals surface area contributed by atoms with Crippen LogP contribution in [0.2, 0.25) is 0 Å². The van der Waals surface area contributed by atoms with Crippen molar-refractivity contribution in [1.29, 1.82) is 0 Å². The lowest BCUT2D eigenvalue weighted by Crippen LogP contribution is -2.28. The van der Waals surface area contributed by atoms with Crippen molar-refractivity contribution in [3.05, 3.63) is 33.8 Å². The molecule has 6 nitrogen and oxygen atoms in total. The second-order valence-electron chi connectivity index (χ2n) is 4.75. The van der Waals surface area contributed by atoms with Gasteiger partial charge in [0, 0.05) is 25.0 Å². The average Bonchev–Trinajstić information content (AvgIpc) is 3.06. The quantitative estimate of drug-likeness (QED) is 0.811. The summed E-state index contributed by atoms with van der Waals surface area (Å²) in [5, 5.41) is 11.9. The van der Waals surface area contributed by atoms with Gasteiger partial charge in [-0.2, -0.15) is 9.40 Å². The number of nitrogens with one attached hydrogen (secondary N) is 2. The van der Waals surface area contributed by atoms with Crippen LogP contribution in [0, 0.1) is 6.92 Å². The van der Waals surface area contributed by atoms with Gasteiger partial charge >= 0.3 is 0 Å². The van der Waals surface area contributed by atoms with Gasteiger partial charge in [0.1, 0.15) is 4.90 Å². The molecule has 8 heteroatoms. The molecule has 0 aliphatic carbocycles. The van der Waals surface area contributed by atoms with Crippen molar-refractivity contribution < 1.29 is 8.42 Å². The highest BCUT2D eigenvalue weighted by atomic mass is 32.2. The van der Waals surface area contributed by atoms with Gasteiger partial charge in [-0.05, 0) is 24.9 Å². The van der Waals surface area contributed by atoms with E-state index in [2.05, 4.69) is 15.5 Å². The average molecular weight is 328 g/mol. The zero-order valence-corrected chi connectivity index (χ0v) is 14.0. The third-order valence-corrected chi connectivity index (χ3v) is 6.00. The van der Waals surface area contributed by atoms with E-state index in [1.807, 2.05) is 24.4 Å². The molecule has 2 heterocycles. The number of aromatic amines is 1. The maximum atomic E-state index is 12.8. The molecule has 0 amide bonds. The van der Waals surface area contributed by atoms with Crippen molar-refractivity contribution in [2.24, 2.45) is 0 Å². The third kappa shape index (κ3) is 3.52. The van der Waals surface area contributed by atoms with E-state index in [0.717, 1.165) is 11.4 Å². The first-order chi connectivity index (χ1) is 9.96. The fourth-order valence-corrected chi connectivity index (χ4v) is 4.35. The summed E-state index contributed by atoms with van der Waals surface area (Å²) in [7, 11) is -1.96. The largest absolute Gasteiger partial charge is 0.311 e. The Bertz CT molecular complexity index is 677. The molecule has 2 aromatic heterocycles. The summed E-state index contributed by atoms with van der Waals surface area (Å²) in [6.07, 6.45) is 0. The Kier molecular flexibility index (Phi) is 5.15. The van der Waals surface area contributed by atoms with Gasteiger partial charge in [-0.25, -0.2) is 8.42 Å². The van der Waals surface area contributed by atoms with Crippen LogP contribution >= 0.6 is 11.3 Å². The zero-order chi connectivity index (χ0) is 15.5. The highest BCUT2D eigenvalue weighted by Gasteiger charge is 2.28. The van der Waals surface area contributed by atoms with Crippen molar-refractivity contribution in [3.63, 3.8) is 0 Å². The van der Waals surface area contributed by atoms with Crippen LogP contribution in [0.15, 0.2) is 22.4 Å². The van der Waals surface area contributed by atoms with Crippen molar-refractivity contribution in [1.82, 2.24) is 19.8 Å². The Balaban J connectivity index is 2.28. The molecule has 0 aliphatic heterocycles. The molecule has 0 aromatic carbocycles. The summed E-state index contributed by atoms with van der Waals surface area (Å²) in [4.78, 5) is 1.29. The lowest BCUT2D eigenvalue weighted by Gasteiger charge is -2.17. The molecule has 0 unspecified atom stereocenters. The lowest BCUT2D eigenvalue weighted by atomic mass is 10.3. The number of aromatic nitrogens is 2. The van der Waals surface area contributed by atoms with Gasteiger partial charge in [-0.1, -0.05) is 13.0 Å². The van der Waals surface area contributed by atoms with Crippen LogP contribution in [0.25, 0.3) is 0 Å². The Morgan fingerprint density at radius 3 is 2.86 bits per heavy atom. The molecule has 0 spiro atoms. The molecule has 0 saturated heterocycles. The van der Waals surface area contributed by atoms with Gasteiger partial charge in [0.05, 0.1) is 11.4 Å². The van der Waals surface area contributed by atoms with E-state index in [0.29, 0.717) is 24.5 Å². The smallest absolute Gasteiger partial charge is 0.246 e. The van der Waals surface area contributed by atoms with Crippen LogP contribution in [0.1, 0.15) is 23.2 Å². The number of rotatable bonds is 7. The maximum absolute atomic E-state index is 12.8. The summed E-state index contributed by atoms with van der Waals surface area (Å²) in [5.41, 5.74) is 1.10. The number of hydrogen-bond acceptors (Lipinski definition) is 5. The van der Waals surface area contributed by atoms with Gasteiger partial charge in [-0.15, -0.1) is 11.3 Å². The molecular formula is C13H20N4O2S2. The minimum atomic E-state index is -3.56. The number of sulfonamides is 1. The summed E-state index contributed by atoms with van der Waals surface area (Å²) in [6, 6.07) is 3.85. The van der Waals surface area contributed by atoms with Crippen molar-refractivity contribution >= 4 is 21.4 Å². The summed E-state index contributed by atoms with van der Waals surface area (Å²) >= 11 is 1.54. The van der Waals surface area contributed by atoms with Crippen LogP contribution in [-0.4, -0.2) is 36.5 Å². The molecule has 2 N–H and O–H groups in total. The number of hydrogen-bond donors (Lipinski definition) is 2. The van der Waals surface area contributed by atoms with Crippen molar-refractivity contribution in [2.75, 3.05) is 13.6 Å². The van der Waals surface area contributed by atoms with E-state index in [-0.39, 0.29) is 4.90 Å². The SMILES string of the molecule is CCNCc1n[nH]c(C)c1S(=O)(=O)N(C)Cc1cccs1. The summed E-state index contributed by atoms with van der Waals surface area (Å²) in [5.74, 6) is 0. The summed E-state index contributed by atoms with van der Waals surface area (Å²) in [6.45, 7) is 5.26. The molecule has 0 fully saturated rings. The van der Waals surface area contributed by atoms with E-state index in [4.69, 9.17) is 0 Å². The Labute approximate surface area is 129 Å².